The highest BCUT2D eigenvalue weighted by atomic mass is 16.5. The van der Waals surface area contributed by atoms with Crippen molar-refractivity contribution in [2.75, 3.05) is 14.2 Å². The molecule has 0 saturated heterocycles. The molecule has 2 heterocycles. The minimum absolute atomic E-state index is 0.104. The molecule has 0 saturated carbocycles. The highest BCUT2D eigenvalue weighted by Gasteiger charge is 2.49. The zero-order valence-electron chi connectivity index (χ0n) is 16.7. The summed E-state index contributed by atoms with van der Waals surface area (Å²) in [6, 6.07) is 14.1. The van der Waals surface area contributed by atoms with Crippen LogP contribution in [0.15, 0.2) is 78.0 Å². The number of ether oxygens (including phenoxy) is 2. The first-order chi connectivity index (χ1) is 14.6. The number of nitrogens with one attached hydrogen (secondary N) is 1. The van der Waals surface area contributed by atoms with Crippen molar-refractivity contribution in [3.05, 3.63) is 84.1 Å². The lowest BCUT2D eigenvalue weighted by atomic mass is 9.97. The Hall–Kier alpha value is -3.87. The third-order valence-electron chi connectivity index (χ3n) is 5.01. The zero-order chi connectivity index (χ0) is 21.1. The summed E-state index contributed by atoms with van der Waals surface area (Å²) >= 11 is 0. The summed E-state index contributed by atoms with van der Waals surface area (Å²) < 4.78 is 10.8. The van der Waals surface area contributed by atoms with E-state index in [0.717, 1.165) is 0 Å². The van der Waals surface area contributed by atoms with Crippen molar-refractivity contribution >= 4 is 17.6 Å². The summed E-state index contributed by atoms with van der Waals surface area (Å²) in [5.41, 5.74) is -0.379. The van der Waals surface area contributed by atoms with E-state index in [1.807, 2.05) is 6.07 Å². The van der Waals surface area contributed by atoms with Gasteiger partial charge in [0.1, 0.15) is 17.3 Å². The van der Waals surface area contributed by atoms with Crippen LogP contribution in [0.4, 0.5) is 0 Å². The number of allylic oxidation sites excluding steroid dienone is 2. The Morgan fingerprint density at radius 1 is 1.10 bits per heavy atom. The number of carbonyl (C=O) groups is 2. The number of nitrogens with zero attached hydrogens (tertiary/aromatic N) is 2. The van der Waals surface area contributed by atoms with E-state index in [-0.39, 0.29) is 18.2 Å². The van der Waals surface area contributed by atoms with Crippen LogP contribution in [0, 0.1) is 0 Å². The van der Waals surface area contributed by atoms with Crippen molar-refractivity contribution in [3.63, 3.8) is 0 Å². The maximum Gasteiger partial charge on any atom is 0.281 e. The molecule has 0 aliphatic carbocycles. The summed E-state index contributed by atoms with van der Waals surface area (Å²) in [6.45, 7) is 0. The molecule has 0 bridgehead atoms. The smallest absolute Gasteiger partial charge is 0.281 e. The lowest BCUT2D eigenvalue weighted by Crippen LogP contribution is -2.55. The molecule has 30 heavy (non-hydrogen) atoms. The van der Waals surface area contributed by atoms with Crippen molar-refractivity contribution < 1.29 is 19.1 Å². The Balaban J connectivity index is 1.77. The van der Waals surface area contributed by atoms with Gasteiger partial charge in [-0.2, -0.15) is 0 Å². The van der Waals surface area contributed by atoms with Crippen LogP contribution in [0.2, 0.25) is 0 Å². The minimum atomic E-state index is -1.51. The molecule has 2 aliphatic heterocycles. The molecule has 152 valence electrons. The molecule has 0 spiro atoms. The largest absolute Gasteiger partial charge is 0.497 e. The van der Waals surface area contributed by atoms with Crippen LogP contribution in [0.1, 0.15) is 15.9 Å². The molecule has 2 amide bonds. The van der Waals surface area contributed by atoms with E-state index in [2.05, 4.69) is 10.3 Å². The first-order valence-electron chi connectivity index (χ1n) is 9.43. The molecular weight excluding hydrogens is 382 g/mol. The number of hydrogen-bond acceptors (Lipinski definition) is 5. The van der Waals surface area contributed by atoms with E-state index in [9.17, 15) is 9.59 Å². The first-order valence-corrected chi connectivity index (χ1v) is 9.43. The molecule has 7 heteroatoms. The number of methoxy groups -OCH3 is 2. The second-order valence-corrected chi connectivity index (χ2v) is 6.88. The summed E-state index contributed by atoms with van der Waals surface area (Å²) in [5, 5.41) is 2.87. The lowest BCUT2D eigenvalue weighted by Gasteiger charge is -2.27. The maximum absolute atomic E-state index is 13.4. The van der Waals surface area contributed by atoms with E-state index < -0.39 is 5.66 Å². The second kappa shape index (κ2) is 7.87. The Kier molecular flexibility index (Phi) is 5.10. The van der Waals surface area contributed by atoms with Gasteiger partial charge in [-0.25, -0.2) is 4.99 Å². The molecule has 1 unspecified atom stereocenters. The third-order valence-corrected chi connectivity index (χ3v) is 5.01. The van der Waals surface area contributed by atoms with Gasteiger partial charge in [0, 0.05) is 23.7 Å². The number of amidine groups is 1. The highest BCUT2D eigenvalue weighted by molar-refractivity contribution is 6.15. The molecule has 1 atom stereocenters. The molecule has 1 N–H and O–H groups in total. The van der Waals surface area contributed by atoms with Crippen molar-refractivity contribution in [1.29, 1.82) is 0 Å². The topological polar surface area (TPSA) is 80.2 Å². The number of rotatable bonds is 6. The Bertz CT molecular complexity index is 1080. The van der Waals surface area contributed by atoms with E-state index in [4.69, 9.17) is 9.47 Å². The van der Waals surface area contributed by atoms with Gasteiger partial charge < -0.3 is 14.8 Å². The second-order valence-electron chi connectivity index (χ2n) is 6.88. The van der Waals surface area contributed by atoms with Crippen LogP contribution in [-0.2, 0) is 11.2 Å². The Labute approximate surface area is 174 Å². The normalized spacial score (nSPS) is 19.3. The Morgan fingerprint density at radius 3 is 2.60 bits per heavy atom. The maximum atomic E-state index is 13.4. The van der Waals surface area contributed by atoms with Crippen molar-refractivity contribution in [1.82, 2.24) is 10.2 Å². The van der Waals surface area contributed by atoms with Gasteiger partial charge in [-0.1, -0.05) is 24.3 Å². The monoisotopic (exact) mass is 403 g/mol. The minimum Gasteiger partial charge on any atom is -0.497 e. The standard InChI is InChI=1S/C23H21N3O4/c1-29-18-11-12-19(30-2)17(14-18)15-23(25-21(27)16-8-4-3-5-9-16)22(28)26-13-7-6-10-20(26)24-23/h3-14H,15H2,1-2H3,(H,25,27). The number of amides is 2. The van der Waals surface area contributed by atoms with Gasteiger partial charge in [0.15, 0.2) is 0 Å². The fourth-order valence-electron chi connectivity index (χ4n) is 3.53. The van der Waals surface area contributed by atoms with E-state index in [1.165, 1.54) is 4.90 Å². The van der Waals surface area contributed by atoms with Gasteiger partial charge in [-0.15, -0.1) is 0 Å². The summed E-state index contributed by atoms with van der Waals surface area (Å²) in [6.07, 6.45) is 7.02. The fraction of sp³-hybridized carbons (Fsp3) is 0.174. The van der Waals surface area contributed by atoms with Crippen LogP contribution in [0.3, 0.4) is 0 Å². The number of carbonyl (C=O) groups excluding carboxylic acids is 2. The molecular formula is C23H21N3O4. The van der Waals surface area contributed by atoms with Gasteiger partial charge in [-0.3, -0.25) is 14.5 Å². The van der Waals surface area contributed by atoms with Crippen LogP contribution in [0.25, 0.3) is 0 Å². The SMILES string of the molecule is COc1ccc(OC)c(CC2(NC(=O)c3ccccc3)N=C3C=CC=CN3C2=O)c1. The highest BCUT2D eigenvalue weighted by Crippen LogP contribution is 2.33. The number of fused-ring (bicyclic) bond motifs is 1. The van der Waals surface area contributed by atoms with Crippen LogP contribution >= 0.6 is 0 Å². The molecule has 2 aliphatic rings. The molecule has 7 nitrogen and oxygen atoms in total. The molecule has 0 radical (unpaired) electrons. The number of aliphatic imine (C=N–C) groups is 1. The van der Waals surface area contributed by atoms with Crippen molar-refractivity contribution in [2.45, 2.75) is 12.1 Å². The van der Waals surface area contributed by atoms with Gasteiger partial charge >= 0.3 is 0 Å². The first kappa shape index (κ1) is 19.4. The molecule has 2 aromatic carbocycles. The molecule has 2 aromatic rings. The van der Waals surface area contributed by atoms with E-state index >= 15 is 0 Å². The summed E-state index contributed by atoms with van der Waals surface area (Å²) in [4.78, 5) is 32.5. The van der Waals surface area contributed by atoms with Crippen LogP contribution < -0.4 is 14.8 Å². The van der Waals surface area contributed by atoms with E-state index in [0.29, 0.717) is 28.5 Å². The molecule has 0 fully saturated rings. The van der Waals surface area contributed by atoms with Gasteiger partial charge in [-0.05, 0) is 42.5 Å². The fourth-order valence-corrected chi connectivity index (χ4v) is 3.53. The van der Waals surface area contributed by atoms with Crippen molar-refractivity contribution in [2.24, 2.45) is 4.99 Å². The van der Waals surface area contributed by atoms with E-state index in [1.54, 1.807) is 81.1 Å². The zero-order valence-corrected chi connectivity index (χ0v) is 16.7. The van der Waals surface area contributed by atoms with Crippen LogP contribution in [-0.4, -0.2) is 42.4 Å². The van der Waals surface area contributed by atoms with Gasteiger partial charge in [0.2, 0.25) is 5.66 Å². The summed E-state index contributed by atoms with van der Waals surface area (Å²) in [5.74, 6) is 0.937. The van der Waals surface area contributed by atoms with Crippen molar-refractivity contribution in [3.8, 4) is 11.5 Å². The van der Waals surface area contributed by atoms with Gasteiger partial charge in [0.25, 0.3) is 11.8 Å². The number of hydrogen-bond donors (Lipinski definition) is 1. The average molecular weight is 403 g/mol. The number of benzene rings is 2. The predicted octanol–water partition coefficient (Wildman–Crippen LogP) is 2.70. The average Bonchev–Trinajstić information content (AvgIpc) is 3.05. The summed E-state index contributed by atoms with van der Waals surface area (Å²) in [7, 11) is 3.12. The van der Waals surface area contributed by atoms with Gasteiger partial charge in [0.05, 0.1) is 14.2 Å². The van der Waals surface area contributed by atoms with Crippen LogP contribution in [0.5, 0.6) is 11.5 Å². The predicted molar refractivity (Wildman–Crippen MR) is 112 cm³/mol. The molecule has 4 rings (SSSR count). The molecule has 0 aromatic heterocycles. The quantitative estimate of drug-likeness (QED) is 0.804. The third kappa shape index (κ3) is 3.45. The lowest BCUT2D eigenvalue weighted by molar-refractivity contribution is -0.130. The Morgan fingerprint density at radius 2 is 1.90 bits per heavy atom.